The average molecular weight is 376 g/mol. The standard InChI is InChI=1S/C20H19ClFNOS/c1-25(24)11-17-18(22)9-8-15-16(10-23-20(15)17)19(12-2-3-12)13-4-6-14(21)7-5-13/h4-10,12,19,23H,2-3,11H2,1H3. The lowest BCUT2D eigenvalue weighted by Crippen LogP contribution is -2.03. The monoisotopic (exact) mass is 375 g/mol. The van der Waals surface area contributed by atoms with Crippen molar-refractivity contribution in [3.8, 4) is 0 Å². The lowest BCUT2D eigenvalue weighted by molar-refractivity contribution is 0.617. The third-order valence-corrected chi connectivity index (χ3v) is 5.89. The highest BCUT2D eigenvalue weighted by Crippen LogP contribution is 2.48. The van der Waals surface area contributed by atoms with Crippen molar-refractivity contribution in [3.63, 3.8) is 0 Å². The van der Waals surface area contributed by atoms with Gasteiger partial charge in [0.05, 0.1) is 11.3 Å². The maximum absolute atomic E-state index is 14.3. The van der Waals surface area contributed by atoms with E-state index in [4.69, 9.17) is 11.6 Å². The van der Waals surface area contributed by atoms with Crippen LogP contribution in [0.2, 0.25) is 5.02 Å². The molecule has 2 nitrogen and oxygen atoms in total. The second-order valence-electron chi connectivity index (χ2n) is 6.78. The summed E-state index contributed by atoms with van der Waals surface area (Å²) < 4.78 is 25.9. The van der Waals surface area contributed by atoms with E-state index in [0.29, 0.717) is 11.5 Å². The summed E-state index contributed by atoms with van der Waals surface area (Å²) in [5.41, 5.74) is 3.70. The van der Waals surface area contributed by atoms with E-state index >= 15 is 0 Å². The Bertz CT molecular complexity index is 946. The summed E-state index contributed by atoms with van der Waals surface area (Å²) in [6.45, 7) is 0. The number of halogens is 2. The highest BCUT2D eigenvalue weighted by Gasteiger charge is 2.35. The topological polar surface area (TPSA) is 32.9 Å². The van der Waals surface area contributed by atoms with Crippen molar-refractivity contribution in [2.24, 2.45) is 5.92 Å². The van der Waals surface area contributed by atoms with Crippen LogP contribution in [-0.2, 0) is 16.6 Å². The van der Waals surface area contributed by atoms with E-state index in [1.165, 1.54) is 30.0 Å². The quantitative estimate of drug-likeness (QED) is 0.638. The van der Waals surface area contributed by atoms with E-state index in [0.717, 1.165) is 15.9 Å². The molecular weight excluding hydrogens is 357 g/mol. The summed E-state index contributed by atoms with van der Waals surface area (Å²) in [7, 11) is -1.09. The normalized spacial score (nSPS) is 16.9. The molecule has 1 aliphatic carbocycles. The predicted molar refractivity (Wildman–Crippen MR) is 102 cm³/mol. The lowest BCUT2D eigenvalue weighted by Gasteiger charge is -2.17. The maximum Gasteiger partial charge on any atom is 0.129 e. The molecule has 0 saturated heterocycles. The molecule has 25 heavy (non-hydrogen) atoms. The number of aromatic nitrogens is 1. The number of fused-ring (bicyclic) bond motifs is 1. The van der Waals surface area contributed by atoms with Crippen LogP contribution >= 0.6 is 11.6 Å². The molecule has 2 unspecified atom stereocenters. The van der Waals surface area contributed by atoms with Gasteiger partial charge in [0.15, 0.2) is 0 Å². The molecular formula is C20H19ClFNOS. The molecule has 4 rings (SSSR count). The summed E-state index contributed by atoms with van der Waals surface area (Å²) in [6.07, 6.45) is 5.99. The molecule has 1 N–H and O–H groups in total. The van der Waals surface area contributed by atoms with E-state index in [1.54, 1.807) is 6.26 Å². The first-order valence-corrected chi connectivity index (χ1v) is 10.5. The van der Waals surface area contributed by atoms with Crippen molar-refractivity contribution in [3.05, 3.63) is 70.1 Å². The minimum absolute atomic E-state index is 0.220. The molecule has 0 radical (unpaired) electrons. The molecule has 1 heterocycles. The van der Waals surface area contributed by atoms with E-state index < -0.39 is 10.8 Å². The maximum atomic E-state index is 14.3. The third-order valence-electron chi connectivity index (χ3n) is 4.94. The van der Waals surface area contributed by atoms with Crippen molar-refractivity contribution >= 4 is 33.3 Å². The summed E-state index contributed by atoms with van der Waals surface area (Å²) in [6, 6.07) is 11.3. The number of benzene rings is 2. The van der Waals surface area contributed by atoms with Crippen LogP contribution in [0.5, 0.6) is 0 Å². The van der Waals surface area contributed by atoms with Crippen molar-refractivity contribution in [2.45, 2.75) is 24.5 Å². The highest BCUT2D eigenvalue weighted by atomic mass is 35.5. The zero-order valence-electron chi connectivity index (χ0n) is 13.9. The number of hydrogen-bond acceptors (Lipinski definition) is 1. The molecule has 2 atom stereocenters. The zero-order valence-corrected chi connectivity index (χ0v) is 15.5. The molecule has 0 bridgehead atoms. The summed E-state index contributed by atoms with van der Waals surface area (Å²) >= 11 is 6.04. The number of rotatable bonds is 5. The van der Waals surface area contributed by atoms with Crippen LogP contribution in [0, 0.1) is 11.7 Å². The smallest absolute Gasteiger partial charge is 0.129 e. The Morgan fingerprint density at radius 3 is 2.60 bits per heavy atom. The molecule has 3 aromatic rings. The highest BCUT2D eigenvalue weighted by molar-refractivity contribution is 7.83. The van der Waals surface area contributed by atoms with Crippen molar-refractivity contribution in [2.75, 3.05) is 6.26 Å². The third kappa shape index (κ3) is 3.25. The van der Waals surface area contributed by atoms with Gasteiger partial charge in [-0.1, -0.05) is 23.7 Å². The first-order valence-electron chi connectivity index (χ1n) is 8.38. The van der Waals surface area contributed by atoms with Gasteiger partial charge in [-0.05, 0) is 54.2 Å². The fourth-order valence-corrected chi connectivity index (χ4v) is 4.48. The van der Waals surface area contributed by atoms with Crippen molar-refractivity contribution in [1.29, 1.82) is 0 Å². The molecule has 0 aliphatic heterocycles. The first kappa shape index (κ1) is 16.8. The fraction of sp³-hybridized carbons (Fsp3) is 0.300. The second kappa shape index (κ2) is 6.58. The summed E-state index contributed by atoms with van der Waals surface area (Å²) in [5.74, 6) is 0.800. The molecule has 1 saturated carbocycles. The summed E-state index contributed by atoms with van der Waals surface area (Å²) in [4.78, 5) is 3.25. The molecule has 1 aromatic heterocycles. The fourth-order valence-electron chi connectivity index (χ4n) is 3.66. The van der Waals surface area contributed by atoms with Gasteiger partial charge < -0.3 is 4.98 Å². The van der Waals surface area contributed by atoms with Gasteiger partial charge in [0.1, 0.15) is 5.82 Å². The van der Waals surface area contributed by atoms with Gasteiger partial charge >= 0.3 is 0 Å². The zero-order chi connectivity index (χ0) is 17.6. The number of aromatic amines is 1. The Balaban J connectivity index is 1.85. The van der Waals surface area contributed by atoms with E-state index in [9.17, 15) is 8.60 Å². The van der Waals surface area contributed by atoms with Crippen LogP contribution in [0.4, 0.5) is 4.39 Å². The Labute approximate surface area is 153 Å². The van der Waals surface area contributed by atoms with Crippen LogP contribution in [0.3, 0.4) is 0 Å². The van der Waals surface area contributed by atoms with Gasteiger partial charge in [0.2, 0.25) is 0 Å². The van der Waals surface area contributed by atoms with Crippen LogP contribution in [0.15, 0.2) is 42.6 Å². The minimum Gasteiger partial charge on any atom is -0.361 e. The minimum atomic E-state index is -1.09. The van der Waals surface area contributed by atoms with Gasteiger partial charge in [0.25, 0.3) is 0 Å². The SMILES string of the molecule is CS(=O)Cc1c(F)ccc2c(C(c3ccc(Cl)cc3)C3CC3)c[nH]c12. The molecule has 1 aliphatic rings. The van der Waals surface area contributed by atoms with Gasteiger partial charge in [0, 0.05) is 45.1 Å². The van der Waals surface area contributed by atoms with Crippen LogP contribution < -0.4 is 0 Å². The van der Waals surface area contributed by atoms with Crippen molar-refractivity contribution in [1.82, 2.24) is 4.98 Å². The first-order chi connectivity index (χ1) is 12.0. The van der Waals surface area contributed by atoms with Crippen molar-refractivity contribution < 1.29 is 8.60 Å². The van der Waals surface area contributed by atoms with Crippen LogP contribution in [0.25, 0.3) is 10.9 Å². The number of hydrogen-bond donors (Lipinski definition) is 1. The van der Waals surface area contributed by atoms with Gasteiger partial charge in [-0.3, -0.25) is 4.21 Å². The van der Waals surface area contributed by atoms with Gasteiger partial charge in [-0.2, -0.15) is 0 Å². The van der Waals surface area contributed by atoms with E-state index in [2.05, 4.69) is 17.1 Å². The molecule has 130 valence electrons. The lowest BCUT2D eigenvalue weighted by atomic mass is 9.87. The number of H-pyrrole nitrogens is 1. The van der Waals surface area contributed by atoms with Crippen LogP contribution in [-0.4, -0.2) is 15.4 Å². The number of nitrogens with one attached hydrogen (secondary N) is 1. The Hall–Kier alpha value is -1.65. The Morgan fingerprint density at radius 2 is 1.96 bits per heavy atom. The largest absolute Gasteiger partial charge is 0.361 e. The Kier molecular flexibility index (Phi) is 4.42. The Morgan fingerprint density at radius 1 is 1.24 bits per heavy atom. The molecule has 2 aromatic carbocycles. The van der Waals surface area contributed by atoms with Crippen LogP contribution in [0.1, 0.15) is 35.4 Å². The molecule has 0 spiro atoms. The summed E-state index contributed by atoms with van der Waals surface area (Å²) in [5, 5.41) is 1.75. The van der Waals surface area contributed by atoms with E-state index in [1.807, 2.05) is 24.4 Å². The van der Waals surface area contributed by atoms with Gasteiger partial charge in [-0.25, -0.2) is 4.39 Å². The average Bonchev–Trinajstić information content (AvgIpc) is 3.32. The van der Waals surface area contributed by atoms with Gasteiger partial charge in [-0.15, -0.1) is 0 Å². The molecule has 5 heteroatoms. The predicted octanol–water partition coefficient (Wildman–Crippen LogP) is 5.38. The van der Waals surface area contributed by atoms with E-state index in [-0.39, 0.29) is 17.5 Å². The molecule has 0 amide bonds. The second-order valence-corrected chi connectivity index (χ2v) is 8.65. The molecule has 1 fully saturated rings.